The summed E-state index contributed by atoms with van der Waals surface area (Å²) in [6, 6.07) is 10.2. The first-order valence-electron chi connectivity index (χ1n) is 13.4. The molecule has 0 aliphatic carbocycles. The summed E-state index contributed by atoms with van der Waals surface area (Å²) in [5.74, 6) is -0.582. The molecule has 11 heteroatoms. The molecule has 2 aromatic rings. The molecule has 1 aromatic carbocycles. The topological polar surface area (TPSA) is 128 Å². The molecule has 1 atom stereocenters. The maximum Gasteiger partial charge on any atom is 0.414 e. The highest BCUT2D eigenvalue weighted by Crippen LogP contribution is 2.23. The Balaban J connectivity index is 1.20. The molecule has 1 aromatic heterocycles. The van der Waals surface area contributed by atoms with Crippen molar-refractivity contribution in [3.05, 3.63) is 59.9 Å². The summed E-state index contributed by atoms with van der Waals surface area (Å²) >= 11 is 0. The second-order valence-corrected chi connectivity index (χ2v) is 9.70. The Morgan fingerprint density at radius 3 is 2.54 bits per heavy atom. The molecule has 11 nitrogen and oxygen atoms in total. The maximum atomic E-state index is 12.6. The number of rotatable bonds is 11. The number of nitrogens with one attached hydrogen (secondary N) is 2. The van der Waals surface area contributed by atoms with Crippen LogP contribution in [0, 0.1) is 5.41 Å². The van der Waals surface area contributed by atoms with E-state index in [1.54, 1.807) is 47.5 Å². The molecule has 2 amide bonds. The van der Waals surface area contributed by atoms with Gasteiger partial charge in [-0.15, -0.1) is 0 Å². The molecule has 0 spiro atoms. The standard InChI is InChI=1S/C28H36N6O5/c1-2-3-17-38-25(35)10-12-32-13-15-33(16-14-32)19-24-20-34(28(37)39-24)23-8-6-21(7-9-23)26(29)31-27(36)22-5-4-11-30-18-22/h4-9,11,18,24H,2-3,10,12-17,19-20H2,1H3,(H2,29,31,36). The van der Waals surface area contributed by atoms with E-state index in [-0.39, 0.29) is 17.9 Å². The van der Waals surface area contributed by atoms with Crippen LogP contribution in [0.25, 0.3) is 0 Å². The quantitative estimate of drug-likeness (QED) is 0.194. The van der Waals surface area contributed by atoms with Gasteiger partial charge in [0, 0.05) is 62.9 Å². The summed E-state index contributed by atoms with van der Waals surface area (Å²) in [5, 5.41) is 10.8. The first-order valence-corrected chi connectivity index (χ1v) is 13.4. The number of cyclic esters (lactones) is 1. The fraction of sp³-hybridized carbons (Fsp3) is 0.464. The zero-order valence-electron chi connectivity index (χ0n) is 22.3. The Labute approximate surface area is 228 Å². The number of esters is 1. The molecule has 0 saturated carbocycles. The van der Waals surface area contributed by atoms with E-state index in [2.05, 4.69) is 27.0 Å². The molecule has 208 valence electrons. The number of benzene rings is 1. The number of ether oxygens (including phenoxy) is 2. The second kappa shape index (κ2) is 13.8. The molecule has 4 rings (SSSR count). The number of anilines is 1. The molecule has 2 aliphatic heterocycles. The van der Waals surface area contributed by atoms with Crippen molar-refractivity contribution in [2.24, 2.45) is 0 Å². The average Bonchev–Trinajstić information content (AvgIpc) is 3.32. The minimum atomic E-state index is -0.408. The monoisotopic (exact) mass is 536 g/mol. The Kier molecular flexibility index (Phi) is 9.98. The molecule has 0 radical (unpaired) electrons. The lowest BCUT2D eigenvalue weighted by molar-refractivity contribution is -0.144. The first kappa shape index (κ1) is 28.2. The number of unbranched alkanes of at least 4 members (excludes halogenated alkanes) is 1. The number of pyridine rings is 1. The van der Waals surface area contributed by atoms with Gasteiger partial charge in [0.25, 0.3) is 5.91 Å². The van der Waals surface area contributed by atoms with Crippen molar-refractivity contribution in [1.29, 1.82) is 5.41 Å². The molecule has 1 unspecified atom stereocenters. The number of aromatic nitrogens is 1. The molecular weight excluding hydrogens is 500 g/mol. The highest BCUT2D eigenvalue weighted by atomic mass is 16.6. The third-order valence-electron chi connectivity index (χ3n) is 6.82. The van der Waals surface area contributed by atoms with Crippen molar-refractivity contribution < 1.29 is 23.9 Å². The van der Waals surface area contributed by atoms with E-state index in [4.69, 9.17) is 14.9 Å². The molecule has 2 fully saturated rings. The average molecular weight is 537 g/mol. The van der Waals surface area contributed by atoms with Gasteiger partial charge in [-0.1, -0.05) is 13.3 Å². The summed E-state index contributed by atoms with van der Waals surface area (Å²) in [7, 11) is 0. The van der Waals surface area contributed by atoms with Gasteiger partial charge >= 0.3 is 12.1 Å². The van der Waals surface area contributed by atoms with Gasteiger partial charge in [0.2, 0.25) is 0 Å². The number of amides is 2. The molecule has 2 aliphatic rings. The summed E-state index contributed by atoms with van der Waals surface area (Å²) in [6.45, 7) is 7.77. The number of piperazine rings is 1. The van der Waals surface area contributed by atoms with Crippen LogP contribution in [0.4, 0.5) is 10.5 Å². The van der Waals surface area contributed by atoms with Crippen LogP contribution in [0.5, 0.6) is 0 Å². The van der Waals surface area contributed by atoms with E-state index in [0.29, 0.717) is 49.5 Å². The number of amidine groups is 1. The van der Waals surface area contributed by atoms with E-state index in [9.17, 15) is 14.4 Å². The highest BCUT2D eigenvalue weighted by molar-refractivity contribution is 6.11. The van der Waals surface area contributed by atoms with E-state index >= 15 is 0 Å². The fourth-order valence-electron chi connectivity index (χ4n) is 4.53. The van der Waals surface area contributed by atoms with Crippen LogP contribution in [0.1, 0.15) is 42.1 Å². The van der Waals surface area contributed by atoms with Gasteiger partial charge in [-0.3, -0.25) is 29.8 Å². The van der Waals surface area contributed by atoms with Crippen molar-refractivity contribution in [3.63, 3.8) is 0 Å². The number of nitrogens with zero attached hydrogens (tertiary/aromatic N) is 4. The second-order valence-electron chi connectivity index (χ2n) is 9.70. The minimum Gasteiger partial charge on any atom is -0.466 e. The lowest BCUT2D eigenvalue weighted by atomic mass is 10.1. The van der Waals surface area contributed by atoms with Gasteiger partial charge in [-0.2, -0.15) is 0 Å². The van der Waals surface area contributed by atoms with Gasteiger partial charge in [0.15, 0.2) is 0 Å². The molecule has 39 heavy (non-hydrogen) atoms. The highest BCUT2D eigenvalue weighted by Gasteiger charge is 2.34. The SMILES string of the molecule is CCCCOC(=O)CCN1CCN(CC2CN(c3ccc(C(=N)NC(=O)c4cccnc4)cc3)C(=O)O2)CC1. The van der Waals surface area contributed by atoms with Gasteiger partial charge in [0.05, 0.1) is 25.1 Å². The smallest absolute Gasteiger partial charge is 0.414 e. The van der Waals surface area contributed by atoms with Crippen LogP contribution in [0.3, 0.4) is 0 Å². The molecule has 3 heterocycles. The van der Waals surface area contributed by atoms with Crippen molar-refractivity contribution in [2.45, 2.75) is 32.3 Å². The van der Waals surface area contributed by atoms with Crippen LogP contribution >= 0.6 is 0 Å². The van der Waals surface area contributed by atoms with E-state index in [1.165, 1.54) is 6.20 Å². The third-order valence-corrected chi connectivity index (χ3v) is 6.82. The van der Waals surface area contributed by atoms with Crippen LogP contribution in [0.2, 0.25) is 0 Å². The van der Waals surface area contributed by atoms with Gasteiger partial charge < -0.3 is 19.7 Å². The van der Waals surface area contributed by atoms with Crippen LogP contribution in [-0.2, 0) is 14.3 Å². The largest absolute Gasteiger partial charge is 0.466 e. The molecule has 2 N–H and O–H groups in total. The fourth-order valence-corrected chi connectivity index (χ4v) is 4.53. The number of carbonyl (C=O) groups is 3. The lowest BCUT2D eigenvalue weighted by Gasteiger charge is -2.35. The minimum absolute atomic E-state index is 0.0372. The summed E-state index contributed by atoms with van der Waals surface area (Å²) < 4.78 is 10.9. The zero-order chi connectivity index (χ0) is 27.6. The lowest BCUT2D eigenvalue weighted by Crippen LogP contribution is -2.49. The van der Waals surface area contributed by atoms with Crippen molar-refractivity contribution in [3.8, 4) is 0 Å². The first-order chi connectivity index (χ1) is 18.9. The van der Waals surface area contributed by atoms with Gasteiger partial charge in [0.1, 0.15) is 11.9 Å². The van der Waals surface area contributed by atoms with Crippen LogP contribution < -0.4 is 10.2 Å². The van der Waals surface area contributed by atoms with Crippen molar-refractivity contribution in [2.75, 3.05) is 57.3 Å². The molecular formula is C28H36N6O5. The third kappa shape index (κ3) is 8.08. The van der Waals surface area contributed by atoms with E-state index < -0.39 is 12.0 Å². The van der Waals surface area contributed by atoms with Crippen molar-refractivity contribution >= 4 is 29.5 Å². The van der Waals surface area contributed by atoms with Crippen LogP contribution in [-0.4, -0.2) is 97.1 Å². The Hall–Kier alpha value is -3.83. The molecule has 2 saturated heterocycles. The summed E-state index contributed by atoms with van der Waals surface area (Å²) in [6.07, 6.45) is 4.70. The predicted molar refractivity (Wildman–Crippen MR) is 146 cm³/mol. The molecule has 0 bridgehead atoms. The number of hydrogen-bond donors (Lipinski definition) is 2. The Bertz CT molecular complexity index is 1130. The summed E-state index contributed by atoms with van der Waals surface area (Å²) in [5.41, 5.74) is 1.56. The normalized spacial score (nSPS) is 18.0. The predicted octanol–water partition coefficient (Wildman–Crippen LogP) is 2.51. The van der Waals surface area contributed by atoms with Crippen molar-refractivity contribution in [1.82, 2.24) is 20.1 Å². The Morgan fingerprint density at radius 2 is 1.85 bits per heavy atom. The van der Waals surface area contributed by atoms with E-state index in [1.807, 2.05) is 0 Å². The number of hydrogen-bond acceptors (Lipinski definition) is 9. The summed E-state index contributed by atoms with van der Waals surface area (Å²) in [4.78, 5) is 46.8. The number of carbonyl (C=O) groups excluding carboxylic acids is 3. The maximum absolute atomic E-state index is 12.6. The van der Waals surface area contributed by atoms with Gasteiger partial charge in [-0.05, 0) is 42.8 Å². The zero-order valence-corrected chi connectivity index (χ0v) is 22.3. The van der Waals surface area contributed by atoms with Gasteiger partial charge in [-0.25, -0.2) is 4.79 Å². The van der Waals surface area contributed by atoms with Crippen LogP contribution in [0.15, 0.2) is 48.8 Å². The Morgan fingerprint density at radius 1 is 1.10 bits per heavy atom. The van der Waals surface area contributed by atoms with E-state index in [0.717, 1.165) is 39.0 Å².